The molecule has 0 aliphatic rings. The second-order valence-corrected chi connectivity index (χ2v) is 3.92. The van der Waals surface area contributed by atoms with Gasteiger partial charge in [-0.05, 0) is 18.9 Å². The van der Waals surface area contributed by atoms with Gasteiger partial charge in [-0.2, -0.15) is 0 Å². The van der Waals surface area contributed by atoms with Crippen molar-refractivity contribution in [2.45, 2.75) is 20.8 Å². The largest absolute Gasteiger partial charge is 0.461 e. The third-order valence-corrected chi connectivity index (χ3v) is 2.38. The molecule has 4 heteroatoms. The Morgan fingerprint density at radius 3 is 2.76 bits per heavy atom. The van der Waals surface area contributed by atoms with E-state index in [1.165, 1.54) is 0 Å². The normalized spacial score (nSPS) is 10.4. The van der Waals surface area contributed by atoms with E-state index in [1.54, 1.807) is 23.8 Å². The lowest BCUT2D eigenvalue weighted by molar-refractivity contribution is 0.0520. The number of carbonyl (C=O) groups is 1. The summed E-state index contributed by atoms with van der Waals surface area (Å²) in [6.07, 6.45) is 3.23. The monoisotopic (exact) mass is 234 g/mol. The van der Waals surface area contributed by atoms with Gasteiger partial charge in [-0.1, -0.05) is 27.0 Å². The Balaban J connectivity index is 3.11. The number of carbonyl (C=O) groups excluding carboxylic acids is 1. The molecule has 1 rings (SSSR count). The predicted octanol–water partition coefficient (Wildman–Crippen LogP) is 2.83. The second-order valence-electron chi connectivity index (χ2n) is 3.92. The molecule has 4 nitrogen and oxygen atoms in total. The van der Waals surface area contributed by atoms with Crippen LogP contribution in [-0.4, -0.2) is 22.1 Å². The highest BCUT2D eigenvalue weighted by Gasteiger charge is 2.16. The molecule has 0 aliphatic carbocycles. The first-order valence-electron chi connectivity index (χ1n) is 5.59. The molecule has 0 aliphatic heterocycles. The van der Waals surface area contributed by atoms with Crippen molar-refractivity contribution in [3.63, 3.8) is 0 Å². The van der Waals surface area contributed by atoms with E-state index in [1.807, 2.05) is 13.8 Å². The molecule has 17 heavy (non-hydrogen) atoms. The number of allylic oxidation sites excluding steroid dienone is 1. The zero-order valence-corrected chi connectivity index (χ0v) is 10.6. The highest BCUT2D eigenvalue weighted by Crippen LogP contribution is 2.18. The fraction of sp³-hybridized carbons (Fsp3) is 0.385. The van der Waals surface area contributed by atoms with Gasteiger partial charge in [0.1, 0.15) is 5.82 Å². The van der Waals surface area contributed by atoms with Crippen LogP contribution in [0.2, 0.25) is 0 Å². The van der Waals surface area contributed by atoms with Crippen LogP contribution in [0.1, 0.15) is 37.1 Å². The number of aromatic nitrogens is 2. The molecular formula is C13H18N2O2. The average Bonchev–Trinajstić information content (AvgIpc) is 2.72. The number of hydrogen-bond acceptors (Lipinski definition) is 3. The fourth-order valence-electron chi connectivity index (χ4n) is 1.35. The predicted molar refractivity (Wildman–Crippen MR) is 68.4 cm³/mol. The molecule has 0 aromatic carbocycles. The van der Waals surface area contributed by atoms with Crippen molar-refractivity contribution in [3.05, 3.63) is 30.9 Å². The molecule has 92 valence electrons. The summed E-state index contributed by atoms with van der Waals surface area (Å²) in [5.41, 5.74) is 1.14. The molecule has 1 aromatic rings. The lowest BCUT2D eigenvalue weighted by Crippen LogP contribution is -2.05. The molecule has 0 radical (unpaired) electrons. The zero-order chi connectivity index (χ0) is 13.0. The van der Waals surface area contributed by atoms with Crippen LogP contribution < -0.4 is 0 Å². The average molecular weight is 234 g/mol. The van der Waals surface area contributed by atoms with Gasteiger partial charge in [-0.25, -0.2) is 9.78 Å². The first-order chi connectivity index (χ1) is 8.01. The maximum absolute atomic E-state index is 11.6. The Hall–Kier alpha value is -1.84. The van der Waals surface area contributed by atoms with E-state index in [0.717, 1.165) is 5.70 Å². The van der Waals surface area contributed by atoms with Crippen LogP contribution in [0.15, 0.2) is 19.4 Å². The van der Waals surface area contributed by atoms with Crippen LogP contribution in [0.5, 0.6) is 0 Å². The molecule has 0 saturated heterocycles. The van der Waals surface area contributed by atoms with E-state index >= 15 is 0 Å². The Kier molecular flexibility index (Phi) is 4.26. The molecule has 0 unspecified atom stereocenters. The Labute approximate surface area is 102 Å². The fourth-order valence-corrected chi connectivity index (χ4v) is 1.35. The van der Waals surface area contributed by atoms with E-state index in [-0.39, 0.29) is 11.6 Å². The smallest absolute Gasteiger partial charge is 0.358 e. The van der Waals surface area contributed by atoms with Crippen molar-refractivity contribution in [2.75, 3.05) is 6.61 Å². The molecule has 1 heterocycles. The Morgan fingerprint density at radius 2 is 2.29 bits per heavy atom. The summed E-state index contributed by atoms with van der Waals surface area (Å²) < 4.78 is 6.67. The second kappa shape index (κ2) is 5.48. The topological polar surface area (TPSA) is 44.1 Å². The molecule has 0 bridgehead atoms. The Bertz CT molecular complexity index is 444. The lowest BCUT2D eigenvalue weighted by Gasteiger charge is -2.11. The number of ether oxygens (including phenoxy) is 1. The van der Waals surface area contributed by atoms with Crippen LogP contribution in [0.3, 0.4) is 0 Å². The molecule has 0 fully saturated rings. The van der Waals surface area contributed by atoms with Crippen LogP contribution in [0.25, 0.3) is 11.8 Å². The minimum Gasteiger partial charge on any atom is -0.461 e. The number of hydrogen-bond donors (Lipinski definition) is 0. The van der Waals surface area contributed by atoms with E-state index in [2.05, 4.69) is 18.1 Å². The molecule has 0 spiro atoms. The number of rotatable bonds is 5. The van der Waals surface area contributed by atoms with Crippen molar-refractivity contribution in [3.8, 4) is 0 Å². The summed E-state index contributed by atoms with van der Waals surface area (Å²) in [7, 11) is 0. The van der Waals surface area contributed by atoms with Crippen molar-refractivity contribution in [1.29, 1.82) is 0 Å². The minimum absolute atomic E-state index is 0.262. The minimum atomic E-state index is -0.425. The Morgan fingerprint density at radius 1 is 1.65 bits per heavy atom. The first-order valence-corrected chi connectivity index (χ1v) is 5.59. The van der Waals surface area contributed by atoms with Crippen LogP contribution >= 0.6 is 0 Å². The summed E-state index contributed by atoms with van der Waals surface area (Å²) in [4.78, 5) is 15.7. The zero-order valence-electron chi connectivity index (χ0n) is 10.6. The van der Waals surface area contributed by atoms with Gasteiger partial charge in [0.2, 0.25) is 0 Å². The van der Waals surface area contributed by atoms with Gasteiger partial charge in [0, 0.05) is 11.9 Å². The van der Waals surface area contributed by atoms with Crippen LogP contribution in [0, 0.1) is 5.92 Å². The highest BCUT2D eigenvalue weighted by molar-refractivity contribution is 5.87. The van der Waals surface area contributed by atoms with Gasteiger partial charge in [-0.15, -0.1) is 0 Å². The maximum Gasteiger partial charge on any atom is 0.358 e. The van der Waals surface area contributed by atoms with E-state index in [0.29, 0.717) is 12.4 Å². The van der Waals surface area contributed by atoms with Crippen molar-refractivity contribution in [2.24, 2.45) is 5.92 Å². The van der Waals surface area contributed by atoms with E-state index < -0.39 is 5.97 Å². The maximum atomic E-state index is 11.6. The van der Waals surface area contributed by atoms with Crippen LogP contribution in [0.4, 0.5) is 0 Å². The van der Waals surface area contributed by atoms with Gasteiger partial charge in [-0.3, -0.25) is 0 Å². The number of nitrogens with zero attached hydrogens (tertiary/aromatic N) is 2. The van der Waals surface area contributed by atoms with Crippen molar-refractivity contribution >= 4 is 17.7 Å². The van der Waals surface area contributed by atoms with Crippen molar-refractivity contribution < 1.29 is 9.53 Å². The van der Waals surface area contributed by atoms with Crippen LogP contribution in [-0.2, 0) is 4.74 Å². The molecular weight excluding hydrogens is 216 g/mol. The van der Waals surface area contributed by atoms with Gasteiger partial charge in [0.25, 0.3) is 0 Å². The first kappa shape index (κ1) is 13.2. The molecule has 1 aromatic heterocycles. The lowest BCUT2D eigenvalue weighted by atomic mass is 10.1. The number of esters is 1. The van der Waals surface area contributed by atoms with E-state index in [4.69, 9.17) is 4.74 Å². The summed E-state index contributed by atoms with van der Waals surface area (Å²) in [6.45, 7) is 13.8. The summed E-state index contributed by atoms with van der Waals surface area (Å²) >= 11 is 0. The SMILES string of the molecule is C=Cc1nc(C(=O)OCC)cn1C(=C)C(C)C. The van der Waals surface area contributed by atoms with Gasteiger partial charge in [0.05, 0.1) is 6.61 Å². The molecule has 0 amide bonds. The standard InChI is InChI=1S/C13H18N2O2/c1-6-12-14-11(13(16)17-7-2)8-15(12)10(5)9(3)4/h6,8-9H,1,5,7H2,2-4H3. The third kappa shape index (κ3) is 2.84. The molecule has 0 saturated carbocycles. The van der Waals surface area contributed by atoms with E-state index in [9.17, 15) is 4.79 Å². The highest BCUT2D eigenvalue weighted by atomic mass is 16.5. The number of imidazole rings is 1. The third-order valence-electron chi connectivity index (χ3n) is 2.38. The summed E-state index contributed by atoms with van der Waals surface area (Å²) in [5, 5.41) is 0. The summed E-state index contributed by atoms with van der Waals surface area (Å²) in [6, 6.07) is 0. The summed E-state index contributed by atoms with van der Waals surface area (Å²) in [5.74, 6) is 0.440. The van der Waals surface area contributed by atoms with Gasteiger partial charge < -0.3 is 9.30 Å². The van der Waals surface area contributed by atoms with Crippen molar-refractivity contribution in [1.82, 2.24) is 9.55 Å². The van der Waals surface area contributed by atoms with Gasteiger partial charge >= 0.3 is 5.97 Å². The quantitative estimate of drug-likeness (QED) is 0.736. The molecule has 0 N–H and O–H groups in total. The molecule has 0 atom stereocenters. The van der Waals surface area contributed by atoms with Gasteiger partial charge in [0.15, 0.2) is 5.69 Å².